The highest BCUT2D eigenvalue weighted by atomic mass is 16.5. The SMILES string of the molecule is COc1ccc(C(N)CN2C(=O)Cc3ccccc32)cc1. The highest BCUT2D eigenvalue weighted by Crippen LogP contribution is 2.30. The summed E-state index contributed by atoms with van der Waals surface area (Å²) >= 11 is 0. The number of nitrogens with two attached hydrogens (primary N) is 1. The molecule has 1 atom stereocenters. The molecule has 1 aliphatic rings. The van der Waals surface area contributed by atoms with Crippen molar-refractivity contribution in [3.63, 3.8) is 0 Å². The van der Waals surface area contributed by atoms with Gasteiger partial charge in [0.05, 0.1) is 13.5 Å². The number of fused-ring (bicyclic) bond motifs is 1. The van der Waals surface area contributed by atoms with Gasteiger partial charge >= 0.3 is 0 Å². The molecule has 0 saturated heterocycles. The maximum atomic E-state index is 12.1. The molecule has 2 aromatic carbocycles. The standard InChI is InChI=1S/C17H18N2O2/c1-21-14-8-6-12(7-9-14)15(18)11-19-16-5-3-2-4-13(16)10-17(19)20/h2-9,15H,10-11,18H2,1H3. The van der Waals surface area contributed by atoms with E-state index in [0.717, 1.165) is 22.6 Å². The lowest BCUT2D eigenvalue weighted by molar-refractivity contribution is -0.117. The molecule has 2 N–H and O–H groups in total. The second kappa shape index (κ2) is 5.58. The molecule has 1 aliphatic heterocycles. The molecule has 0 fully saturated rings. The highest BCUT2D eigenvalue weighted by molar-refractivity contribution is 6.01. The van der Waals surface area contributed by atoms with Gasteiger partial charge < -0.3 is 15.4 Å². The molecule has 1 heterocycles. The van der Waals surface area contributed by atoms with Crippen molar-refractivity contribution in [1.82, 2.24) is 0 Å². The average molecular weight is 282 g/mol. The quantitative estimate of drug-likeness (QED) is 0.936. The number of anilines is 1. The van der Waals surface area contributed by atoms with Crippen molar-refractivity contribution in [2.45, 2.75) is 12.5 Å². The van der Waals surface area contributed by atoms with Gasteiger partial charge in [-0.2, -0.15) is 0 Å². The van der Waals surface area contributed by atoms with E-state index in [-0.39, 0.29) is 11.9 Å². The number of benzene rings is 2. The molecule has 108 valence electrons. The van der Waals surface area contributed by atoms with Crippen LogP contribution >= 0.6 is 0 Å². The fourth-order valence-electron chi connectivity index (χ4n) is 2.67. The second-order valence-corrected chi connectivity index (χ2v) is 5.19. The number of para-hydroxylation sites is 1. The Balaban J connectivity index is 1.78. The van der Waals surface area contributed by atoms with Gasteiger partial charge in [0, 0.05) is 18.3 Å². The van der Waals surface area contributed by atoms with Gasteiger partial charge in [0.2, 0.25) is 5.91 Å². The Hall–Kier alpha value is -2.33. The number of hydrogen-bond acceptors (Lipinski definition) is 3. The number of carbonyl (C=O) groups is 1. The fourth-order valence-corrected chi connectivity index (χ4v) is 2.67. The zero-order valence-electron chi connectivity index (χ0n) is 12.0. The number of carbonyl (C=O) groups excluding carboxylic acids is 1. The van der Waals surface area contributed by atoms with Gasteiger partial charge in [0.1, 0.15) is 5.75 Å². The minimum absolute atomic E-state index is 0.111. The molecule has 0 saturated carbocycles. The van der Waals surface area contributed by atoms with Crippen molar-refractivity contribution < 1.29 is 9.53 Å². The number of hydrogen-bond donors (Lipinski definition) is 1. The minimum atomic E-state index is -0.217. The van der Waals surface area contributed by atoms with E-state index in [1.807, 2.05) is 48.5 Å². The number of amides is 1. The van der Waals surface area contributed by atoms with Crippen LogP contribution < -0.4 is 15.4 Å². The van der Waals surface area contributed by atoms with E-state index in [4.69, 9.17) is 10.5 Å². The number of methoxy groups -OCH3 is 1. The summed E-state index contributed by atoms with van der Waals surface area (Å²) in [6.07, 6.45) is 0.464. The summed E-state index contributed by atoms with van der Waals surface area (Å²) in [7, 11) is 1.63. The average Bonchev–Trinajstić information content (AvgIpc) is 2.83. The van der Waals surface area contributed by atoms with E-state index in [0.29, 0.717) is 13.0 Å². The largest absolute Gasteiger partial charge is 0.497 e. The van der Waals surface area contributed by atoms with E-state index in [1.54, 1.807) is 12.0 Å². The summed E-state index contributed by atoms with van der Waals surface area (Å²) in [5.74, 6) is 0.911. The van der Waals surface area contributed by atoms with Crippen LogP contribution in [-0.2, 0) is 11.2 Å². The summed E-state index contributed by atoms with van der Waals surface area (Å²) in [4.78, 5) is 13.9. The van der Waals surface area contributed by atoms with Crippen molar-refractivity contribution in [3.8, 4) is 5.75 Å². The first-order valence-electron chi connectivity index (χ1n) is 6.97. The second-order valence-electron chi connectivity index (χ2n) is 5.19. The van der Waals surface area contributed by atoms with Crippen LogP contribution in [0.4, 0.5) is 5.69 Å². The van der Waals surface area contributed by atoms with Gasteiger partial charge in [0.25, 0.3) is 0 Å². The molecular weight excluding hydrogens is 264 g/mol. The lowest BCUT2D eigenvalue weighted by atomic mass is 10.1. The lowest BCUT2D eigenvalue weighted by Crippen LogP contribution is -2.34. The molecule has 0 spiro atoms. The predicted octanol–water partition coefficient (Wildman–Crippen LogP) is 2.28. The van der Waals surface area contributed by atoms with Gasteiger partial charge in [-0.05, 0) is 29.3 Å². The van der Waals surface area contributed by atoms with Crippen LogP contribution in [0.2, 0.25) is 0 Å². The van der Waals surface area contributed by atoms with Crippen LogP contribution in [0.1, 0.15) is 17.2 Å². The molecular formula is C17H18N2O2. The lowest BCUT2D eigenvalue weighted by Gasteiger charge is -2.22. The van der Waals surface area contributed by atoms with Crippen molar-refractivity contribution in [1.29, 1.82) is 0 Å². The summed E-state index contributed by atoms with van der Waals surface area (Å²) < 4.78 is 5.14. The third-order valence-corrected chi connectivity index (χ3v) is 3.85. The van der Waals surface area contributed by atoms with Gasteiger partial charge in [-0.15, -0.1) is 0 Å². The molecule has 2 aromatic rings. The predicted molar refractivity (Wildman–Crippen MR) is 82.4 cm³/mol. The Morgan fingerprint density at radius 3 is 2.62 bits per heavy atom. The summed E-state index contributed by atoms with van der Waals surface area (Å²) in [5, 5.41) is 0. The van der Waals surface area contributed by atoms with Gasteiger partial charge in [-0.1, -0.05) is 30.3 Å². The molecule has 1 amide bonds. The van der Waals surface area contributed by atoms with Gasteiger partial charge in [0.15, 0.2) is 0 Å². The van der Waals surface area contributed by atoms with Crippen molar-refractivity contribution in [3.05, 3.63) is 59.7 Å². The first kappa shape index (κ1) is 13.6. The molecule has 1 unspecified atom stereocenters. The minimum Gasteiger partial charge on any atom is -0.497 e. The van der Waals surface area contributed by atoms with Crippen LogP contribution in [0.25, 0.3) is 0 Å². The Labute approximate surface area is 124 Å². The Kier molecular flexibility index (Phi) is 3.62. The van der Waals surface area contributed by atoms with Crippen molar-refractivity contribution in [2.24, 2.45) is 5.73 Å². The van der Waals surface area contributed by atoms with Crippen LogP contribution in [0.5, 0.6) is 5.75 Å². The molecule has 21 heavy (non-hydrogen) atoms. The number of rotatable bonds is 4. The number of ether oxygens (including phenoxy) is 1. The monoisotopic (exact) mass is 282 g/mol. The number of nitrogens with zero attached hydrogens (tertiary/aromatic N) is 1. The zero-order valence-corrected chi connectivity index (χ0v) is 12.0. The van der Waals surface area contributed by atoms with Gasteiger partial charge in [-0.3, -0.25) is 4.79 Å². The molecule has 0 radical (unpaired) electrons. The third kappa shape index (κ3) is 2.62. The summed E-state index contributed by atoms with van der Waals surface area (Å²) in [6.45, 7) is 0.488. The highest BCUT2D eigenvalue weighted by Gasteiger charge is 2.28. The van der Waals surface area contributed by atoms with E-state index in [1.165, 1.54) is 0 Å². The van der Waals surface area contributed by atoms with Crippen molar-refractivity contribution in [2.75, 3.05) is 18.6 Å². The Morgan fingerprint density at radius 1 is 1.19 bits per heavy atom. The molecule has 0 aliphatic carbocycles. The van der Waals surface area contributed by atoms with Crippen molar-refractivity contribution >= 4 is 11.6 Å². The maximum Gasteiger partial charge on any atom is 0.231 e. The maximum absolute atomic E-state index is 12.1. The van der Waals surface area contributed by atoms with Crippen LogP contribution in [0.3, 0.4) is 0 Å². The fraction of sp³-hybridized carbons (Fsp3) is 0.235. The van der Waals surface area contributed by atoms with Crippen LogP contribution in [-0.4, -0.2) is 19.6 Å². The first-order valence-corrected chi connectivity index (χ1v) is 6.97. The van der Waals surface area contributed by atoms with Gasteiger partial charge in [-0.25, -0.2) is 0 Å². The molecule has 0 aromatic heterocycles. The molecule has 4 heteroatoms. The third-order valence-electron chi connectivity index (χ3n) is 3.85. The topological polar surface area (TPSA) is 55.6 Å². The summed E-state index contributed by atoms with van der Waals surface area (Å²) in [5.41, 5.74) is 9.30. The summed E-state index contributed by atoms with van der Waals surface area (Å²) in [6, 6.07) is 15.3. The zero-order chi connectivity index (χ0) is 14.8. The van der Waals surface area contributed by atoms with Crippen LogP contribution in [0.15, 0.2) is 48.5 Å². The molecule has 3 rings (SSSR count). The van der Waals surface area contributed by atoms with E-state index in [2.05, 4.69) is 0 Å². The van der Waals surface area contributed by atoms with E-state index in [9.17, 15) is 4.79 Å². The Morgan fingerprint density at radius 2 is 1.90 bits per heavy atom. The Bertz CT molecular complexity index is 652. The van der Waals surface area contributed by atoms with Crippen LogP contribution in [0, 0.1) is 0 Å². The van der Waals surface area contributed by atoms with E-state index < -0.39 is 0 Å². The van der Waals surface area contributed by atoms with E-state index >= 15 is 0 Å². The molecule has 4 nitrogen and oxygen atoms in total. The smallest absolute Gasteiger partial charge is 0.231 e. The normalized spacial score (nSPS) is 15.0. The molecule has 0 bridgehead atoms. The first-order chi connectivity index (χ1) is 10.2.